The first-order chi connectivity index (χ1) is 7.84. The van der Waals surface area contributed by atoms with Crippen LogP contribution in [0.15, 0.2) is 5.38 Å². The lowest BCUT2D eigenvalue weighted by Gasteiger charge is -2.04. The van der Waals surface area contributed by atoms with Gasteiger partial charge in [0.05, 0.1) is 5.01 Å². The molecule has 2 N–H and O–H groups in total. The third-order valence-corrected chi connectivity index (χ3v) is 3.75. The molecule has 1 aromatic rings. The average molecular weight is 239 g/mol. The standard InChI is InChI=1S/C12H21N3S/c1-10-9-16-12(15-10)5-8-13-6-2-7-14-11-3-4-11/h9,11,13-14H,2-8H2,1H3. The summed E-state index contributed by atoms with van der Waals surface area (Å²) in [6.07, 6.45) is 5.07. The van der Waals surface area contributed by atoms with Crippen molar-refractivity contribution in [3.05, 3.63) is 16.1 Å². The van der Waals surface area contributed by atoms with Gasteiger partial charge in [-0.1, -0.05) is 0 Å². The fourth-order valence-electron chi connectivity index (χ4n) is 1.64. The molecule has 0 amide bonds. The second-order valence-corrected chi connectivity index (χ2v) is 5.41. The molecule has 0 unspecified atom stereocenters. The summed E-state index contributed by atoms with van der Waals surface area (Å²) in [5.74, 6) is 0. The monoisotopic (exact) mass is 239 g/mol. The molecule has 4 heteroatoms. The van der Waals surface area contributed by atoms with Crippen molar-refractivity contribution < 1.29 is 0 Å². The maximum absolute atomic E-state index is 4.44. The summed E-state index contributed by atoms with van der Waals surface area (Å²) in [5.41, 5.74) is 1.15. The normalized spacial score (nSPS) is 15.6. The van der Waals surface area contributed by atoms with Crippen LogP contribution in [-0.2, 0) is 6.42 Å². The van der Waals surface area contributed by atoms with Gasteiger partial charge in [0.15, 0.2) is 0 Å². The Hall–Kier alpha value is -0.450. The molecule has 1 aliphatic carbocycles. The summed E-state index contributed by atoms with van der Waals surface area (Å²) in [7, 11) is 0. The van der Waals surface area contributed by atoms with E-state index in [4.69, 9.17) is 0 Å². The van der Waals surface area contributed by atoms with Gasteiger partial charge in [-0.25, -0.2) is 4.98 Å². The van der Waals surface area contributed by atoms with E-state index in [1.807, 2.05) is 0 Å². The van der Waals surface area contributed by atoms with Crippen molar-refractivity contribution in [2.24, 2.45) is 0 Å². The lowest BCUT2D eigenvalue weighted by atomic mass is 10.4. The number of rotatable bonds is 8. The summed E-state index contributed by atoms with van der Waals surface area (Å²) < 4.78 is 0. The van der Waals surface area contributed by atoms with E-state index in [1.54, 1.807) is 11.3 Å². The van der Waals surface area contributed by atoms with E-state index >= 15 is 0 Å². The molecule has 1 heterocycles. The smallest absolute Gasteiger partial charge is 0.0940 e. The van der Waals surface area contributed by atoms with Crippen LogP contribution >= 0.6 is 11.3 Å². The Kier molecular flexibility index (Phi) is 4.75. The van der Waals surface area contributed by atoms with Crippen LogP contribution in [-0.4, -0.2) is 30.7 Å². The molecule has 1 fully saturated rings. The highest BCUT2D eigenvalue weighted by atomic mass is 32.1. The minimum absolute atomic E-state index is 0.846. The van der Waals surface area contributed by atoms with Gasteiger partial charge in [0.25, 0.3) is 0 Å². The highest BCUT2D eigenvalue weighted by molar-refractivity contribution is 7.09. The molecule has 1 saturated carbocycles. The molecule has 2 rings (SSSR count). The van der Waals surface area contributed by atoms with Gasteiger partial charge in [0, 0.05) is 30.1 Å². The van der Waals surface area contributed by atoms with E-state index in [-0.39, 0.29) is 0 Å². The fraction of sp³-hybridized carbons (Fsp3) is 0.750. The Labute approximate surface area is 102 Å². The van der Waals surface area contributed by atoms with Crippen LogP contribution in [0.1, 0.15) is 30.0 Å². The molecular weight excluding hydrogens is 218 g/mol. The van der Waals surface area contributed by atoms with Gasteiger partial charge in [-0.2, -0.15) is 0 Å². The zero-order valence-corrected chi connectivity index (χ0v) is 10.8. The van der Waals surface area contributed by atoms with E-state index in [1.165, 1.54) is 24.3 Å². The summed E-state index contributed by atoms with van der Waals surface area (Å²) in [6.45, 7) is 5.38. The van der Waals surface area contributed by atoms with E-state index < -0.39 is 0 Å². The molecule has 0 aromatic carbocycles. The summed E-state index contributed by atoms with van der Waals surface area (Å²) in [5, 5.41) is 10.4. The van der Waals surface area contributed by atoms with E-state index in [9.17, 15) is 0 Å². The number of nitrogens with zero attached hydrogens (tertiary/aromatic N) is 1. The molecule has 1 aliphatic rings. The second-order valence-electron chi connectivity index (χ2n) is 4.46. The third-order valence-electron chi connectivity index (χ3n) is 2.72. The molecule has 0 radical (unpaired) electrons. The van der Waals surface area contributed by atoms with Crippen molar-refractivity contribution in [1.29, 1.82) is 0 Å². The lowest BCUT2D eigenvalue weighted by molar-refractivity contribution is 0.593. The lowest BCUT2D eigenvalue weighted by Crippen LogP contribution is -2.24. The topological polar surface area (TPSA) is 37.0 Å². The maximum atomic E-state index is 4.44. The number of aromatic nitrogens is 1. The Morgan fingerprint density at radius 1 is 1.38 bits per heavy atom. The first-order valence-corrected chi connectivity index (χ1v) is 7.07. The zero-order chi connectivity index (χ0) is 11.2. The van der Waals surface area contributed by atoms with Crippen molar-refractivity contribution in [2.45, 2.75) is 38.6 Å². The Morgan fingerprint density at radius 3 is 2.94 bits per heavy atom. The molecule has 0 bridgehead atoms. The second kappa shape index (κ2) is 6.33. The Morgan fingerprint density at radius 2 is 2.25 bits per heavy atom. The average Bonchev–Trinajstić information content (AvgIpc) is 3.00. The van der Waals surface area contributed by atoms with Gasteiger partial charge in [0.1, 0.15) is 0 Å². The minimum atomic E-state index is 0.846. The molecule has 0 saturated heterocycles. The van der Waals surface area contributed by atoms with Gasteiger partial charge < -0.3 is 10.6 Å². The maximum Gasteiger partial charge on any atom is 0.0940 e. The van der Waals surface area contributed by atoms with E-state index in [0.29, 0.717) is 0 Å². The van der Waals surface area contributed by atoms with Crippen molar-refractivity contribution in [1.82, 2.24) is 15.6 Å². The van der Waals surface area contributed by atoms with E-state index in [0.717, 1.165) is 37.8 Å². The molecule has 3 nitrogen and oxygen atoms in total. The van der Waals surface area contributed by atoms with Crippen LogP contribution in [0, 0.1) is 6.92 Å². The molecule has 0 aliphatic heterocycles. The Balaban J connectivity index is 1.42. The van der Waals surface area contributed by atoms with Crippen molar-refractivity contribution in [2.75, 3.05) is 19.6 Å². The van der Waals surface area contributed by atoms with Crippen LogP contribution < -0.4 is 10.6 Å². The fourth-order valence-corrected chi connectivity index (χ4v) is 2.42. The van der Waals surface area contributed by atoms with Crippen LogP contribution in [0.2, 0.25) is 0 Å². The third kappa shape index (κ3) is 4.60. The number of aryl methyl sites for hydroxylation is 1. The van der Waals surface area contributed by atoms with Crippen LogP contribution in [0.3, 0.4) is 0 Å². The molecule has 0 spiro atoms. The first-order valence-electron chi connectivity index (χ1n) is 6.20. The van der Waals surface area contributed by atoms with Gasteiger partial charge in [-0.05, 0) is 39.3 Å². The molecule has 16 heavy (non-hydrogen) atoms. The zero-order valence-electron chi connectivity index (χ0n) is 9.96. The van der Waals surface area contributed by atoms with Crippen LogP contribution in [0.25, 0.3) is 0 Å². The summed E-state index contributed by atoms with van der Waals surface area (Å²) in [4.78, 5) is 4.44. The molecular formula is C12H21N3S. The highest BCUT2D eigenvalue weighted by Crippen LogP contribution is 2.18. The molecule has 0 atom stereocenters. The van der Waals surface area contributed by atoms with E-state index in [2.05, 4.69) is 27.9 Å². The molecule has 1 aromatic heterocycles. The van der Waals surface area contributed by atoms with Gasteiger partial charge in [-0.15, -0.1) is 11.3 Å². The number of hydrogen-bond acceptors (Lipinski definition) is 4. The quantitative estimate of drug-likeness (QED) is 0.678. The van der Waals surface area contributed by atoms with Crippen molar-refractivity contribution >= 4 is 11.3 Å². The highest BCUT2D eigenvalue weighted by Gasteiger charge is 2.19. The van der Waals surface area contributed by atoms with Crippen LogP contribution in [0.5, 0.6) is 0 Å². The van der Waals surface area contributed by atoms with Crippen LogP contribution in [0.4, 0.5) is 0 Å². The predicted molar refractivity (Wildman–Crippen MR) is 69.1 cm³/mol. The Bertz CT molecular complexity index is 307. The van der Waals surface area contributed by atoms with Gasteiger partial charge in [-0.3, -0.25) is 0 Å². The number of nitrogens with one attached hydrogen (secondary N) is 2. The summed E-state index contributed by atoms with van der Waals surface area (Å²) >= 11 is 1.77. The SMILES string of the molecule is Cc1csc(CCNCCCNC2CC2)n1. The predicted octanol–water partition coefficient (Wildman–Crippen LogP) is 1.73. The summed E-state index contributed by atoms with van der Waals surface area (Å²) in [6, 6.07) is 0.846. The van der Waals surface area contributed by atoms with Crippen molar-refractivity contribution in [3.8, 4) is 0 Å². The number of hydrogen-bond donors (Lipinski definition) is 2. The van der Waals surface area contributed by atoms with Gasteiger partial charge >= 0.3 is 0 Å². The van der Waals surface area contributed by atoms with Crippen molar-refractivity contribution in [3.63, 3.8) is 0 Å². The number of thiazole rings is 1. The largest absolute Gasteiger partial charge is 0.316 e. The first kappa shape index (κ1) is 12.0. The van der Waals surface area contributed by atoms with Gasteiger partial charge in [0.2, 0.25) is 0 Å². The minimum Gasteiger partial charge on any atom is -0.316 e. The molecule has 90 valence electrons.